The number of ether oxygens (including phenoxy) is 2. The first kappa shape index (κ1) is 56.5. The van der Waals surface area contributed by atoms with Crippen LogP contribution in [0.25, 0.3) is 0 Å². The summed E-state index contributed by atoms with van der Waals surface area (Å²) in [7, 11) is 1.69. The second kappa shape index (κ2) is 42.2. The van der Waals surface area contributed by atoms with Gasteiger partial charge in [-0.3, -0.25) is 13.8 Å². The maximum atomic E-state index is 12.7. The van der Waals surface area contributed by atoms with E-state index in [1.165, 1.54) is 193 Å². The second-order valence-electron chi connectivity index (χ2n) is 18.2. The van der Waals surface area contributed by atoms with Gasteiger partial charge in [0.2, 0.25) is 0 Å². The number of hydrogen-bond donors (Lipinski definition) is 1. The molecule has 0 heterocycles. The molecule has 0 rings (SSSR count). The van der Waals surface area contributed by atoms with E-state index in [1.807, 2.05) is 21.1 Å². The number of unbranched alkanes of at least 4 members (excludes halogenated alkanes) is 33. The van der Waals surface area contributed by atoms with E-state index < -0.39 is 13.9 Å². The van der Waals surface area contributed by atoms with Crippen LogP contribution in [0.5, 0.6) is 0 Å². The van der Waals surface area contributed by atoms with Crippen molar-refractivity contribution in [3.8, 4) is 0 Å². The van der Waals surface area contributed by atoms with Crippen molar-refractivity contribution in [2.75, 3.05) is 54.1 Å². The molecule has 0 aliphatic heterocycles. The van der Waals surface area contributed by atoms with Gasteiger partial charge in [0.05, 0.1) is 34.4 Å². The summed E-state index contributed by atoms with van der Waals surface area (Å²) in [5.74, 6) is -0.308. The van der Waals surface area contributed by atoms with Crippen molar-refractivity contribution in [3.63, 3.8) is 0 Å². The van der Waals surface area contributed by atoms with Gasteiger partial charge in [0.15, 0.2) is 0 Å². The van der Waals surface area contributed by atoms with Crippen molar-refractivity contribution in [1.82, 2.24) is 0 Å². The van der Waals surface area contributed by atoms with E-state index in [1.54, 1.807) is 0 Å². The van der Waals surface area contributed by atoms with Crippen molar-refractivity contribution in [1.29, 1.82) is 0 Å². The highest BCUT2D eigenvalue weighted by Gasteiger charge is 2.26. The molecule has 0 spiro atoms. The fourth-order valence-electron chi connectivity index (χ4n) is 7.32. The molecule has 0 saturated heterocycles. The number of likely N-dealkylation sites (N-methyl/N-ethyl adjacent to an activating group) is 1. The Bertz CT molecular complexity index is 883. The van der Waals surface area contributed by atoms with E-state index in [0.29, 0.717) is 24.1 Å². The molecule has 0 bridgehead atoms. The molecule has 0 aromatic carbocycles. The highest BCUT2D eigenvalue weighted by atomic mass is 31.2. The average Bonchev–Trinajstić information content (AvgIpc) is 3.16. The lowest BCUT2D eigenvalue weighted by atomic mass is 10.0. The molecule has 0 amide bonds. The zero-order chi connectivity index (χ0) is 42.0. The Morgan fingerprint density at radius 3 is 1.16 bits per heavy atom. The lowest BCUT2D eigenvalue weighted by Gasteiger charge is -2.24. The summed E-state index contributed by atoms with van der Waals surface area (Å²) >= 11 is 0. The Labute approximate surface area is 355 Å². The molecule has 342 valence electrons. The average molecular weight is 833 g/mol. The molecule has 9 heteroatoms. The Morgan fingerprint density at radius 2 is 0.807 bits per heavy atom. The molecule has 1 N–H and O–H groups in total. The summed E-state index contributed by atoms with van der Waals surface area (Å²) in [6, 6.07) is 0. The zero-order valence-corrected chi connectivity index (χ0v) is 39.8. The molecule has 0 radical (unpaired) electrons. The number of phosphoric ester groups is 1. The SMILES string of the molecule is CCCCCCCCCCCCCCCCCCCCCCCCCOCC(COP(=O)(O)OCC[N+](C)(C)C)OC(=O)CCCCCCCCCCCCCC. The highest BCUT2D eigenvalue weighted by Crippen LogP contribution is 2.43. The Morgan fingerprint density at radius 1 is 0.474 bits per heavy atom. The molecular weight excluding hydrogens is 734 g/mol. The van der Waals surface area contributed by atoms with E-state index in [2.05, 4.69) is 13.8 Å². The number of quaternary nitrogens is 1. The highest BCUT2D eigenvalue weighted by molar-refractivity contribution is 7.47. The third-order valence-corrected chi connectivity index (χ3v) is 12.2. The number of rotatable bonds is 47. The van der Waals surface area contributed by atoms with E-state index in [4.69, 9.17) is 18.5 Å². The molecule has 2 atom stereocenters. The second-order valence-corrected chi connectivity index (χ2v) is 19.7. The van der Waals surface area contributed by atoms with Crippen LogP contribution in [-0.4, -0.2) is 75.6 Å². The van der Waals surface area contributed by atoms with E-state index in [-0.39, 0.29) is 25.8 Å². The number of hydrogen-bond acceptors (Lipinski definition) is 6. The molecule has 8 nitrogen and oxygen atoms in total. The quantitative estimate of drug-likeness (QED) is 0.0283. The third-order valence-electron chi connectivity index (χ3n) is 11.2. The van der Waals surface area contributed by atoms with Crippen LogP contribution in [0.1, 0.15) is 245 Å². The van der Waals surface area contributed by atoms with Gasteiger partial charge in [0.1, 0.15) is 19.3 Å². The van der Waals surface area contributed by atoms with E-state index >= 15 is 0 Å². The minimum absolute atomic E-state index is 0.0940. The predicted octanol–water partition coefficient (Wildman–Crippen LogP) is 14.8. The summed E-state index contributed by atoms with van der Waals surface area (Å²) in [5, 5.41) is 0. The monoisotopic (exact) mass is 833 g/mol. The van der Waals surface area contributed by atoms with E-state index in [0.717, 1.165) is 32.1 Å². The van der Waals surface area contributed by atoms with Gasteiger partial charge in [-0.2, -0.15) is 0 Å². The number of esters is 1. The maximum absolute atomic E-state index is 12.7. The summed E-state index contributed by atoms with van der Waals surface area (Å²) in [4.78, 5) is 22.9. The third kappa shape index (κ3) is 46.4. The van der Waals surface area contributed by atoms with Crippen LogP contribution in [0.2, 0.25) is 0 Å². The van der Waals surface area contributed by atoms with Crippen LogP contribution in [0.4, 0.5) is 0 Å². The molecule has 0 aromatic rings. The fourth-order valence-corrected chi connectivity index (χ4v) is 8.06. The summed E-state index contributed by atoms with van der Waals surface area (Å²) < 4.78 is 35.1. The fraction of sp³-hybridized carbons (Fsp3) is 0.979. The van der Waals surface area contributed by atoms with Crippen molar-refractivity contribution in [2.45, 2.75) is 251 Å². The van der Waals surface area contributed by atoms with Crippen molar-refractivity contribution >= 4 is 13.8 Å². The minimum atomic E-state index is -4.27. The Hall–Kier alpha value is -0.500. The van der Waals surface area contributed by atoms with Crippen LogP contribution in [0.3, 0.4) is 0 Å². The smallest absolute Gasteiger partial charge is 0.457 e. The predicted molar refractivity (Wildman–Crippen MR) is 243 cm³/mol. The van der Waals surface area contributed by atoms with Crippen molar-refractivity contribution < 1.29 is 37.3 Å². The van der Waals surface area contributed by atoms with Crippen LogP contribution in [0, 0.1) is 0 Å². The molecule has 0 aliphatic rings. The summed E-state index contributed by atoms with van der Waals surface area (Å²) in [6.07, 6.45) is 45.8. The molecule has 57 heavy (non-hydrogen) atoms. The largest absolute Gasteiger partial charge is 0.472 e. The lowest BCUT2D eigenvalue weighted by molar-refractivity contribution is -0.870. The van der Waals surface area contributed by atoms with Gasteiger partial charge in [-0.05, 0) is 12.8 Å². The lowest BCUT2D eigenvalue weighted by Crippen LogP contribution is -2.37. The van der Waals surface area contributed by atoms with Crippen LogP contribution in [0.15, 0.2) is 0 Å². The number of nitrogens with zero attached hydrogens (tertiary/aromatic N) is 1. The number of carbonyl (C=O) groups is 1. The topological polar surface area (TPSA) is 91.3 Å². The first-order chi connectivity index (χ1) is 27.6. The van der Waals surface area contributed by atoms with Crippen LogP contribution < -0.4 is 0 Å². The number of phosphoric acid groups is 1. The summed E-state index contributed by atoms with van der Waals surface area (Å²) in [6.45, 7) is 5.69. The van der Waals surface area contributed by atoms with Gasteiger partial charge in [-0.25, -0.2) is 4.57 Å². The molecule has 0 aliphatic carbocycles. The Balaban J connectivity index is 4.02. The molecule has 0 aromatic heterocycles. The molecular formula is C48H99NO7P+. The first-order valence-corrected chi connectivity index (χ1v) is 26.3. The standard InChI is InChI=1S/C48H98NO7P/c1-6-8-10-12-14-16-18-20-21-22-23-24-25-26-27-28-29-30-32-34-36-38-40-43-53-45-47(46-55-57(51,52)54-44-42-49(3,4)5)56-48(50)41-39-37-35-33-31-19-17-15-13-11-9-7-2/h47H,6-46H2,1-5H3/p+1. The van der Waals surface area contributed by atoms with Crippen molar-refractivity contribution in [3.05, 3.63) is 0 Å². The van der Waals surface area contributed by atoms with E-state index in [9.17, 15) is 14.3 Å². The van der Waals surface area contributed by atoms with Crippen LogP contribution >= 0.6 is 7.82 Å². The molecule has 0 saturated carbocycles. The summed E-state index contributed by atoms with van der Waals surface area (Å²) in [5.41, 5.74) is 0. The van der Waals surface area contributed by atoms with Gasteiger partial charge in [0.25, 0.3) is 0 Å². The Kier molecular flexibility index (Phi) is 41.8. The zero-order valence-electron chi connectivity index (χ0n) is 38.9. The maximum Gasteiger partial charge on any atom is 0.472 e. The number of carbonyl (C=O) groups excluding carboxylic acids is 1. The first-order valence-electron chi connectivity index (χ1n) is 24.8. The van der Waals surface area contributed by atoms with Gasteiger partial charge in [-0.1, -0.05) is 226 Å². The molecule has 0 fully saturated rings. The minimum Gasteiger partial charge on any atom is -0.457 e. The van der Waals surface area contributed by atoms with Crippen molar-refractivity contribution in [2.24, 2.45) is 0 Å². The molecule has 2 unspecified atom stereocenters. The van der Waals surface area contributed by atoms with Gasteiger partial charge >= 0.3 is 13.8 Å². The van der Waals surface area contributed by atoms with Gasteiger partial charge in [-0.15, -0.1) is 0 Å². The van der Waals surface area contributed by atoms with Gasteiger partial charge in [0, 0.05) is 13.0 Å². The van der Waals surface area contributed by atoms with Crippen LogP contribution in [-0.2, 0) is 27.9 Å². The van der Waals surface area contributed by atoms with Gasteiger partial charge < -0.3 is 18.9 Å². The normalized spacial score (nSPS) is 13.6.